The standard InChI is InChI=1S/C15H23BO4/c1-10-7-11(8-13(18-6)12(10)9-17)16-19-14(2,3)15(4,5)20-16/h7-8,17H,9H2,1-6H3. The van der Waals surface area contributed by atoms with Gasteiger partial charge in [-0.25, -0.2) is 0 Å². The van der Waals surface area contributed by atoms with Crippen LogP contribution in [0.2, 0.25) is 0 Å². The lowest BCUT2D eigenvalue weighted by molar-refractivity contribution is 0.00578. The maximum absolute atomic E-state index is 9.41. The van der Waals surface area contributed by atoms with Gasteiger partial charge < -0.3 is 19.2 Å². The number of hydrogen-bond acceptors (Lipinski definition) is 4. The lowest BCUT2D eigenvalue weighted by Gasteiger charge is -2.32. The maximum Gasteiger partial charge on any atom is 0.494 e. The van der Waals surface area contributed by atoms with E-state index in [-0.39, 0.29) is 17.8 Å². The van der Waals surface area contributed by atoms with Crippen molar-refractivity contribution in [2.24, 2.45) is 0 Å². The van der Waals surface area contributed by atoms with Gasteiger partial charge in [0.25, 0.3) is 0 Å². The molecule has 0 unspecified atom stereocenters. The summed E-state index contributed by atoms with van der Waals surface area (Å²) in [6, 6.07) is 3.86. The van der Waals surface area contributed by atoms with E-state index in [9.17, 15) is 5.11 Å². The van der Waals surface area contributed by atoms with Crippen molar-refractivity contribution < 1.29 is 19.2 Å². The highest BCUT2D eigenvalue weighted by Crippen LogP contribution is 2.37. The van der Waals surface area contributed by atoms with Crippen molar-refractivity contribution in [2.75, 3.05) is 7.11 Å². The molecule has 1 aromatic rings. The Labute approximate surface area is 121 Å². The Morgan fingerprint density at radius 2 is 1.70 bits per heavy atom. The number of aliphatic hydroxyl groups excluding tert-OH is 1. The second-order valence-corrected chi connectivity index (χ2v) is 6.26. The zero-order valence-corrected chi connectivity index (χ0v) is 13.1. The highest BCUT2D eigenvalue weighted by Gasteiger charge is 2.51. The Kier molecular flexibility index (Phi) is 3.89. The maximum atomic E-state index is 9.41. The summed E-state index contributed by atoms with van der Waals surface area (Å²) in [4.78, 5) is 0. The average Bonchev–Trinajstić information content (AvgIpc) is 2.57. The third-order valence-corrected chi connectivity index (χ3v) is 4.36. The molecule has 0 spiro atoms. The topological polar surface area (TPSA) is 47.9 Å². The monoisotopic (exact) mass is 278 g/mol. The molecule has 0 aromatic heterocycles. The summed E-state index contributed by atoms with van der Waals surface area (Å²) >= 11 is 0. The van der Waals surface area contributed by atoms with Crippen molar-refractivity contribution in [1.82, 2.24) is 0 Å². The van der Waals surface area contributed by atoms with E-state index in [1.54, 1.807) is 7.11 Å². The summed E-state index contributed by atoms with van der Waals surface area (Å²) in [6.45, 7) is 10.0. The molecule has 1 saturated heterocycles. The van der Waals surface area contributed by atoms with Crippen LogP contribution in [0.1, 0.15) is 38.8 Å². The highest BCUT2D eigenvalue weighted by molar-refractivity contribution is 6.62. The second-order valence-electron chi connectivity index (χ2n) is 6.26. The zero-order chi connectivity index (χ0) is 15.1. The molecule has 1 fully saturated rings. The summed E-state index contributed by atoms with van der Waals surface area (Å²) < 4.78 is 17.4. The van der Waals surface area contributed by atoms with E-state index in [0.717, 1.165) is 16.6 Å². The Bertz CT molecular complexity index is 495. The fourth-order valence-corrected chi connectivity index (χ4v) is 2.31. The SMILES string of the molecule is COc1cc(B2OC(C)(C)C(C)(C)O2)cc(C)c1CO. The molecule has 0 atom stereocenters. The second kappa shape index (κ2) is 5.06. The van der Waals surface area contributed by atoms with Crippen molar-refractivity contribution in [3.63, 3.8) is 0 Å². The van der Waals surface area contributed by atoms with Crippen LogP contribution in [-0.2, 0) is 15.9 Å². The van der Waals surface area contributed by atoms with E-state index in [4.69, 9.17) is 14.0 Å². The van der Waals surface area contributed by atoms with Crippen LogP contribution in [0.4, 0.5) is 0 Å². The van der Waals surface area contributed by atoms with Gasteiger partial charge in [0, 0.05) is 5.56 Å². The van der Waals surface area contributed by atoms with Crippen molar-refractivity contribution in [2.45, 2.75) is 52.4 Å². The van der Waals surface area contributed by atoms with Gasteiger partial charge in [-0.1, -0.05) is 6.07 Å². The van der Waals surface area contributed by atoms with E-state index in [0.29, 0.717) is 5.75 Å². The third-order valence-electron chi connectivity index (χ3n) is 4.36. The molecule has 0 saturated carbocycles. The van der Waals surface area contributed by atoms with Gasteiger partial charge in [-0.2, -0.15) is 0 Å². The Morgan fingerprint density at radius 3 is 2.15 bits per heavy atom. The quantitative estimate of drug-likeness (QED) is 0.856. The summed E-state index contributed by atoms with van der Waals surface area (Å²) in [6.07, 6.45) is 0. The van der Waals surface area contributed by atoms with Gasteiger partial charge in [0.2, 0.25) is 0 Å². The minimum atomic E-state index is -0.416. The van der Waals surface area contributed by atoms with Gasteiger partial charge in [0.15, 0.2) is 0 Å². The fraction of sp³-hybridized carbons (Fsp3) is 0.600. The molecule has 0 bridgehead atoms. The zero-order valence-electron chi connectivity index (χ0n) is 13.1. The van der Waals surface area contributed by atoms with Crippen molar-refractivity contribution >= 4 is 12.6 Å². The molecule has 0 aliphatic carbocycles. The van der Waals surface area contributed by atoms with Crippen LogP contribution in [-0.4, -0.2) is 30.5 Å². The number of ether oxygens (including phenoxy) is 1. The van der Waals surface area contributed by atoms with Crippen molar-refractivity contribution in [3.05, 3.63) is 23.3 Å². The van der Waals surface area contributed by atoms with Crippen LogP contribution in [0.25, 0.3) is 0 Å². The number of benzene rings is 1. The Morgan fingerprint density at radius 1 is 1.15 bits per heavy atom. The highest BCUT2D eigenvalue weighted by atomic mass is 16.7. The number of aliphatic hydroxyl groups is 1. The van der Waals surface area contributed by atoms with Crippen molar-refractivity contribution in [1.29, 1.82) is 0 Å². The first-order valence-electron chi connectivity index (χ1n) is 6.86. The fourth-order valence-electron chi connectivity index (χ4n) is 2.31. The predicted molar refractivity (Wildman–Crippen MR) is 79.4 cm³/mol. The first-order valence-corrected chi connectivity index (χ1v) is 6.86. The van der Waals surface area contributed by atoms with Gasteiger partial charge in [0.1, 0.15) is 5.75 Å². The molecule has 2 rings (SSSR count). The summed E-state index contributed by atoms with van der Waals surface area (Å²) in [7, 11) is 1.18. The smallest absolute Gasteiger partial charge is 0.494 e. The minimum Gasteiger partial charge on any atom is -0.496 e. The van der Waals surface area contributed by atoms with Gasteiger partial charge in [0.05, 0.1) is 24.9 Å². The molecule has 1 aliphatic heterocycles. The van der Waals surface area contributed by atoms with Crippen LogP contribution >= 0.6 is 0 Å². The minimum absolute atomic E-state index is 0.0430. The van der Waals surface area contributed by atoms with Gasteiger partial charge in [-0.3, -0.25) is 0 Å². The number of aryl methyl sites for hydroxylation is 1. The Balaban J connectivity index is 2.38. The average molecular weight is 278 g/mol. The predicted octanol–water partition coefficient (Wildman–Crippen LogP) is 1.80. The molecule has 0 amide bonds. The Hall–Kier alpha value is -1.04. The molecule has 1 heterocycles. The first-order chi connectivity index (χ1) is 9.21. The normalized spacial score (nSPS) is 20.2. The lowest BCUT2D eigenvalue weighted by atomic mass is 9.77. The molecule has 1 aliphatic rings. The molecule has 20 heavy (non-hydrogen) atoms. The van der Waals surface area contributed by atoms with Crippen molar-refractivity contribution in [3.8, 4) is 5.75 Å². The van der Waals surface area contributed by atoms with Gasteiger partial charge in [-0.15, -0.1) is 0 Å². The van der Waals surface area contributed by atoms with E-state index >= 15 is 0 Å². The first kappa shape index (κ1) is 15.4. The molecule has 110 valence electrons. The molecule has 1 N–H and O–H groups in total. The molecule has 4 nitrogen and oxygen atoms in total. The van der Waals surface area contributed by atoms with Crippen LogP contribution in [0.15, 0.2) is 12.1 Å². The third kappa shape index (κ3) is 2.46. The van der Waals surface area contributed by atoms with Crippen LogP contribution in [0.5, 0.6) is 5.75 Å². The van der Waals surface area contributed by atoms with Gasteiger partial charge in [-0.05, 0) is 51.7 Å². The number of hydrogen-bond donors (Lipinski definition) is 1. The molecule has 1 aromatic carbocycles. The molecular weight excluding hydrogens is 255 g/mol. The summed E-state index contributed by atoms with van der Waals surface area (Å²) in [5.41, 5.74) is 1.95. The van der Waals surface area contributed by atoms with E-state index < -0.39 is 7.12 Å². The molecule has 0 radical (unpaired) electrons. The summed E-state index contributed by atoms with van der Waals surface area (Å²) in [5.74, 6) is 0.664. The van der Waals surface area contributed by atoms with Crippen LogP contribution < -0.4 is 10.2 Å². The molecule has 5 heteroatoms. The van der Waals surface area contributed by atoms with E-state index in [1.807, 2.05) is 46.8 Å². The summed E-state index contributed by atoms with van der Waals surface area (Å²) in [5, 5.41) is 9.41. The van der Waals surface area contributed by atoms with E-state index in [1.165, 1.54) is 0 Å². The van der Waals surface area contributed by atoms with Gasteiger partial charge >= 0.3 is 7.12 Å². The largest absolute Gasteiger partial charge is 0.496 e. The number of rotatable bonds is 3. The van der Waals surface area contributed by atoms with E-state index in [2.05, 4.69) is 0 Å². The lowest BCUT2D eigenvalue weighted by Crippen LogP contribution is -2.41. The molecular formula is C15H23BO4. The van der Waals surface area contributed by atoms with Crippen LogP contribution in [0.3, 0.4) is 0 Å². The van der Waals surface area contributed by atoms with Crippen LogP contribution in [0, 0.1) is 6.92 Å². The number of methoxy groups -OCH3 is 1.